The zero-order valence-corrected chi connectivity index (χ0v) is 17.8. The molecule has 7 nitrogen and oxygen atoms in total. The van der Waals surface area contributed by atoms with Crippen LogP contribution < -0.4 is 20.5 Å². The van der Waals surface area contributed by atoms with Gasteiger partial charge in [0.2, 0.25) is 5.91 Å². The summed E-state index contributed by atoms with van der Waals surface area (Å²) in [6, 6.07) is 16.4. The Bertz CT molecular complexity index is 1120. The Morgan fingerprint density at radius 1 is 1.06 bits per heavy atom. The molecule has 1 aliphatic rings. The summed E-state index contributed by atoms with van der Waals surface area (Å²) < 4.78 is 19.6. The van der Waals surface area contributed by atoms with E-state index < -0.39 is 0 Å². The highest BCUT2D eigenvalue weighted by molar-refractivity contribution is 5.79. The van der Waals surface area contributed by atoms with E-state index in [1.165, 1.54) is 35.0 Å². The van der Waals surface area contributed by atoms with Crippen molar-refractivity contribution in [3.05, 3.63) is 82.4 Å². The molecule has 1 N–H and O–H groups in total. The molecule has 0 spiro atoms. The van der Waals surface area contributed by atoms with Crippen molar-refractivity contribution in [2.45, 2.75) is 19.4 Å². The molecule has 4 rings (SSSR count). The first-order chi connectivity index (χ1) is 15.5. The van der Waals surface area contributed by atoms with Gasteiger partial charge in [-0.15, -0.1) is 5.10 Å². The Morgan fingerprint density at radius 2 is 1.75 bits per heavy atom. The third-order valence-corrected chi connectivity index (χ3v) is 5.67. The average Bonchev–Trinajstić information content (AvgIpc) is 2.84. The standard InChI is InChI=1S/C24H25FN4O3/c1-32-21-8-2-17(3-9-21)16-26-24(31)18-12-14-28(15-13-18)22-10-11-23(30)29(27-22)20-6-4-19(25)5-7-20/h2-11,18H,12-16H2,1H3,(H,26,31). The van der Waals surface area contributed by atoms with Gasteiger partial charge in [0, 0.05) is 31.6 Å². The van der Waals surface area contributed by atoms with Gasteiger partial charge in [-0.3, -0.25) is 9.59 Å². The summed E-state index contributed by atoms with van der Waals surface area (Å²) in [5.41, 5.74) is 1.24. The van der Waals surface area contributed by atoms with E-state index in [9.17, 15) is 14.0 Å². The highest BCUT2D eigenvalue weighted by atomic mass is 19.1. The number of piperidine rings is 1. The van der Waals surface area contributed by atoms with Crippen molar-refractivity contribution in [3.8, 4) is 11.4 Å². The molecule has 3 aromatic rings. The number of ether oxygens (including phenoxy) is 1. The van der Waals surface area contributed by atoms with Crippen LogP contribution >= 0.6 is 0 Å². The molecule has 0 bridgehead atoms. The van der Waals surface area contributed by atoms with Gasteiger partial charge in [0.15, 0.2) is 0 Å². The summed E-state index contributed by atoms with van der Waals surface area (Å²) in [5, 5.41) is 7.47. The molecule has 1 fully saturated rings. The number of carbonyl (C=O) groups excluding carboxylic acids is 1. The molecule has 2 heterocycles. The summed E-state index contributed by atoms with van der Waals surface area (Å²) in [4.78, 5) is 26.9. The van der Waals surface area contributed by atoms with Crippen molar-refractivity contribution < 1.29 is 13.9 Å². The molecular formula is C24H25FN4O3. The molecule has 0 atom stereocenters. The van der Waals surface area contributed by atoms with E-state index in [0.29, 0.717) is 44.0 Å². The summed E-state index contributed by atoms with van der Waals surface area (Å²) in [6.45, 7) is 1.80. The highest BCUT2D eigenvalue weighted by Gasteiger charge is 2.25. The molecule has 0 unspecified atom stereocenters. The Kier molecular flexibility index (Phi) is 6.49. The van der Waals surface area contributed by atoms with Crippen LogP contribution in [0.1, 0.15) is 18.4 Å². The van der Waals surface area contributed by atoms with E-state index in [2.05, 4.69) is 15.3 Å². The first-order valence-corrected chi connectivity index (χ1v) is 10.6. The monoisotopic (exact) mass is 436 g/mol. The van der Waals surface area contributed by atoms with Crippen molar-refractivity contribution in [2.75, 3.05) is 25.1 Å². The van der Waals surface area contributed by atoms with Gasteiger partial charge in [-0.05, 0) is 60.9 Å². The Labute approximate surface area is 185 Å². The fourth-order valence-electron chi connectivity index (χ4n) is 3.79. The summed E-state index contributed by atoms with van der Waals surface area (Å²) in [6.07, 6.45) is 1.40. The van der Waals surface area contributed by atoms with E-state index in [0.717, 1.165) is 11.3 Å². The molecule has 0 saturated carbocycles. The van der Waals surface area contributed by atoms with Crippen molar-refractivity contribution in [2.24, 2.45) is 5.92 Å². The summed E-state index contributed by atoms with van der Waals surface area (Å²) >= 11 is 0. The predicted molar refractivity (Wildman–Crippen MR) is 120 cm³/mol. The third kappa shape index (κ3) is 4.96. The van der Waals surface area contributed by atoms with E-state index in [-0.39, 0.29) is 23.2 Å². The highest BCUT2D eigenvalue weighted by Crippen LogP contribution is 2.22. The number of hydrogen-bond donors (Lipinski definition) is 1. The summed E-state index contributed by atoms with van der Waals surface area (Å²) in [5.74, 6) is 1.06. The van der Waals surface area contributed by atoms with Gasteiger partial charge in [0.05, 0.1) is 12.8 Å². The fraction of sp³-hybridized carbons (Fsp3) is 0.292. The average molecular weight is 436 g/mol. The van der Waals surface area contributed by atoms with E-state index in [4.69, 9.17) is 4.74 Å². The lowest BCUT2D eigenvalue weighted by molar-refractivity contribution is -0.125. The SMILES string of the molecule is COc1ccc(CNC(=O)C2CCN(c3ccc(=O)n(-c4ccc(F)cc4)n3)CC2)cc1. The predicted octanol–water partition coefficient (Wildman–Crippen LogP) is 2.91. The number of aromatic nitrogens is 2. The van der Waals surface area contributed by atoms with Crippen molar-refractivity contribution in [1.82, 2.24) is 15.1 Å². The number of nitrogens with zero attached hydrogens (tertiary/aromatic N) is 3. The molecule has 1 saturated heterocycles. The lowest BCUT2D eigenvalue weighted by Crippen LogP contribution is -2.41. The Hall–Kier alpha value is -3.68. The topological polar surface area (TPSA) is 76.5 Å². The Morgan fingerprint density at radius 3 is 2.41 bits per heavy atom. The molecule has 32 heavy (non-hydrogen) atoms. The quantitative estimate of drug-likeness (QED) is 0.643. The maximum Gasteiger partial charge on any atom is 0.271 e. The normalized spacial score (nSPS) is 14.2. The second-order valence-corrected chi connectivity index (χ2v) is 7.75. The zero-order chi connectivity index (χ0) is 22.5. The van der Waals surface area contributed by atoms with Gasteiger partial charge < -0.3 is 15.0 Å². The molecule has 1 amide bonds. The van der Waals surface area contributed by atoms with Crippen LogP contribution in [0.15, 0.2) is 65.5 Å². The van der Waals surface area contributed by atoms with Crippen LogP contribution in [0.5, 0.6) is 5.75 Å². The minimum Gasteiger partial charge on any atom is -0.497 e. The fourth-order valence-corrected chi connectivity index (χ4v) is 3.79. The van der Waals surface area contributed by atoms with Crippen molar-refractivity contribution in [1.29, 1.82) is 0 Å². The minimum atomic E-state index is -0.370. The van der Waals surface area contributed by atoms with Crippen LogP contribution in [0.25, 0.3) is 5.69 Å². The molecular weight excluding hydrogens is 411 g/mol. The number of amides is 1. The minimum absolute atomic E-state index is 0.0460. The van der Waals surface area contributed by atoms with Crippen LogP contribution in [-0.2, 0) is 11.3 Å². The molecule has 166 valence electrons. The van der Waals surface area contributed by atoms with Crippen molar-refractivity contribution in [3.63, 3.8) is 0 Å². The molecule has 1 aliphatic heterocycles. The molecule has 8 heteroatoms. The number of hydrogen-bond acceptors (Lipinski definition) is 5. The van der Waals surface area contributed by atoms with Gasteiger partial charge in [-0.25, -0.2) is 4.39 Å². The van der Waals surface area contributed by atoms with Crippen LogP contribution in [0.3, 0.4) is 0 Å². The molecule has 0 radical (unpaired) electrons. The Balaban J connectivity index is 1.35. The maximum absolute atomic E-state index is 13.2. The zero-order valence-electron chi connectivity index (χ0n) is 17.8. The number of methoxy groups -OCH3 is 1. The van der Waals surface area contributed by atoms with E-state index in [1.54, 1.807) is 13.2 Å². The van der Waals surface area contributed by atoms with E-state index >= 15 is 0 Å². The van der Waals surface area contributed by atoms with Crippen LogP contribution in [0.2, 0.25) is 0 Å². The number of halogens is 1. The van der Waals surface area contributed by atoms with Crippen molar-refractivity contribution >= 4 is 11.7 Å². The van der Waals surface area contributed by atoms with E-state index in [1.807, 2.05) is 24.3 Å². The number of anilines is 1. The lowest BCUT2D eigenvalue weighted by atomic mass is 9.96. The van der Waals surface area contributed by atoms with Crippen LogP contribution in [-0.4, -0.2) is 35.9 Å². The lowest BCUT2D eigenvalue weighted by Gasteiger charge is -2.32. The summed E-state index contributed by atoms with van der Waals surface area (Å²) in [7, 11) is 1.62. The number of rotatable bonds is 6. The second-order valence-electron chi connectivity index (χ2n) is 7.75. The van der Waals surface area contributed by atoms with Gasteiger partial charge in [0.1, 0.15) is 17.4 Å². The van der Waals surface area contributed by atoms with Crippen LogP contribution in [0.4, 0.5) is 10.2 Å². The molecule has 1 aromatic heterocycles. The second kappa shape index (κ2) is 9.64. The smallest absolute Gasteiger partial charge is 0.271 e. The number of benzene rings is 2. The van der Waals surface area contributed by atoms with Crippen LogP contribution in [0, 0.1) is 11.7 Å². The number of carbonyl (C=O) groups is 1. The molecule has 2 aromatic carbocycles. The largest absolute Gasteiger partial charge is 0.497 e. The van der Waals surface area contributed by atoms with Gasteiger partial charge in [0.25, 0.3) is 5.56 Å². The number of nitrogens with one attached hydrogen (secondary N) is 1. The molecule has 0 aliphatic carbocycles. The first kappa shape index (κ1) is 21.5. The third-order valence-electron chi connectivity index (χ3n) is 5.67. The van der Waals surface area contributed by atoms with Gasteiger partial charge in [-0.2, -0.15) is 4.68 Å². The van der Waals surface area contributed by atoms with Gasteiger partial charge in [-0.1, -0.05) is 12.1 Å². The first-order valence-electron chi connectivity index (χ1n) is 10.6. The maximum atomic E-state index is 13.2. The van der Waals surface area contributed by atoms with Gasteiger partial charge >= 0.3 is 0 Å².